The Bertz CT molecular complexity index is 474. The molecule has 1 N–H and O–H groups in total. The van der Waals surface area contributed by atoms with Gasteiger partial charge in [-0.25, -0.2) is 4.39 Å². The van der Waals surface area contributed by atoms with Crippen LogP contribution in [0, 0.1) is 5.82 Å². The zero-order valence-corrected chi connectivity index (χ0v) is 12.5. The Morgan fingerprint density at radius 2 is 2.10 bits per heavy atom. The van der Waals surface area contributed by atoms with Crippen LogP contribution in [0.3, 0.4) is 0 Å². The van der Waals surface area contributed by atoms with Crippen LogP contribution in [0.5, 0.6) is 0 Å². The number of benzene rings is 1. The molecule has 0 aromatic heterocycles. The van der Waals surface area contributed by atoms with Crippen molar-refractivity contribution in [1.29, 1.82) is 0 Å². The molecule has 0 saturated carbocycles. The second-order valence-corrected chi connectivity index (χ2v) is 6.18. The van der Waals surface area contributed by atoms with Crippen molar-refractivity contribution < 1.29 is 4.39 Å². The van der Waals surface area contributed by atoms with E-state index in [1.54, 1.807) is 12.1 Å². The van der Waals surface area contributed by atoms with Gasteiger partial charge in [0.2, 0.25) is 0 Å². The molecular formula is C15H21ClFN3. The fourth-order valence-electron chi connectivity index (χ4n) is 3.39. The molecule has 110 valence electrons. The van der Waals surface area contributed by atoms with Gasteiger partial charge in [-0.3, -0.25) is 9.80 Å². The second-order valence-electron chi connectivity index (χ2n) is 5.74. The molecule has 5 heteroatoms. The Balaban J connectivity index is 1.73. The Kier molecular flexibility index (Phi) is 4.26. The van der Waals surface area contributed by atoms with Crippen molar-refractivity contribution in [2.24, 2.45) is 0 Å². The highest BCUT2D eigenvalue weighted by Crippen LogP contribution is 2.22. The first-order valence-electron chi connectivity index (χ1n) is 7.25. The zero-order valence-electron chi connectivity index (χ0n) is 11.8. The van der Waals surface area contributed by atoms with Gasteiger partial charge in [-0.05, 0) is 31.2 Å². The van der Waals surface area contributed by atoms with Crippen molar-refractivity contribution in [2.75, 3.05) is 39.8 Å². The number of piperazine rings is 3. The number of halogens is 2. The van der Waals surface area contributed by atoms with Crippen molar-refractivity contribution in [1.82, 2.24) is 15.1 Å². The van der Waals surface area contributed by atoms with E-state index in [9.17, 15) is 4.39 Å². The molecule has 0 spiro atoms. The quantitative estimate of drug-likeness (QED) is 0.911. The highest BCUT2D eigenvalue weighted by Gasteiger charge is 2.36. The summed E-state index contributed by atoms with van der Waals surface area (Å²) in [4.78, 5) is 5.04. The molecule has 0 aliphatic carbocycles. The number of nitrogens with one attached hydrogen (secondary N) is 1. The molecule has 20 heavy (non-hydrogen) atoms. The Morgan fingerprint density at radius 3 is 2.65 bits per heavy atom. The fraction of sp³-hybridized carbons (Fsp3) is 0.600. The van der Waals surface area contributed by atoms with Gasteiger partial charge in [0.1, 0.15) is 5.82 Å². The minimum absolute atomic E-state index is 0.200. The summed E-state index contributed by atoms with van der Waals surface area (Å²) in [6, 6.07) is 5.72. The van der Waals surface area contributed by atoms with Crippen LogP contribution < -0.4 is 5.32 Å². The Labute approximate surface area is 124 Å². The molecule has 2 bridgehead atoms. The minimum Gasteiger partial charge on any atom is -0.315 e. The predicted octanol–water partition coefficient (Wildman–Crippen LogP) is 1.61. The Morgan fingerprint density at radius 1 is 1.35 bits per heavy atom. The maximum atomic E-state index is 14.0. The molecule has 1 aromatic rings. The molecule has 2 unspecified atom stereocenters. The first-order chi connectivity index (χ1) is 9.67. The third-order valence-corrected chi connectivity index (χ3v) is 4.85. The van der Waals surface area contributed by atoms with Crippen LogP contribution in [0.25, 0.3) is 0 Å². The van der Waals surface area contributed by atoms with Gasteiger partial charge in [0, 0.05) is 49.8 Å². The molecule has 4 rings (SSSR count). The normalized spacial score (nSPS) is 30.4. The van der Waals surface area contributed by atoms with Crippen molar-refractivity contribution >= 4 is 11.6 Å². The summed E-state index contributed by atoms with van der Waals surface area (Å²) in [6.07, 6.45) is 0.703. The first-order valence-corrected chi connectivity index (χ1v) is 7.63. The molecule has 3 saturated heterocycles. The molecule has 3 fully saturated rings. The van der Waals surface area contributed by atoms with Crippen LogP contribution in [-0.2, 0) is 6.42 Å². The van der Waals surface area contributed by atoms with Crippen LogP contribution in [-0.4, -0.2) is 61.7 Å². The van der Waals surface area contributed by atoms with E-state index in [0.717, 1.165) is 25.2 Å². The average Bonchev–Trinajstić information content (AvgIpc) is 2.48. The van der Waals surface area contributed by atoms with Gasteiger partial charge in [0.05, 0.1) is 0 Å². The molecule has 3 nitrogen and oxygen atoms in total. The van der Waals surface area contributed by atoms with Crippen molar-refractivity contribution in [3.8, 4) is 0 Å². The van der Waals surface area contributed by atoms with Gasteiger partial charge in [0.15, 0.2) is 0 Å². The molecule has 0 radical (unpaired) electrons. The number of nitrogens with zero attached hydrogens (tertiary/aromatic N) is 2. The molecular weight excluding hydrogens is 277 g/mol. The summed E-state index contributed by atoms with van der Waals surface area (Å²) in [5, 5.41) is 3.84. The van der Waals surface area contributed by atoms with Gasteiger partial charge in [-0.15, -0.1) is 0 Å². The smallest absolute Gasteiger partial charge is 0.127 e. The summed E-state index contributed by atoms with van der Waals surface area (Å²) >= 11 is 5.82. The van der Waals surface area contributed by atoms with Crippen LogP contribution in [0.15, 0.2) is 18.2 Å². The van der Waals surface area contributed by atoms with E-state index in [0.29, 0.717) is 17.5 Å². The van der Waals surface area contributed by atoms with Gasteiger partial charge in [-0.2, -0.15) is 0 Å². The molecule has 3 heterocycles. The van der Waals surface area contributed by atoms with Gasteiger partial charge >= 0.3 is 0 Å². The maximum absolute atomic E-state index is 14.0. The number of fused-ring (bicyclic) bond motifs is 3. The standard InChI is InChI=1S/C15H21ClFN3/c1-18-14(8-11-2-3-12(16)9-13(11)17)15-10-19-4-6-20(15)7-5-19/h2-3,9,14-15,18H,4-8,10H2,1H3. The zero-order chi connectivity index (χ0) is 14.1. The monoisotopic (exact) mass is 297 g/mol. The largest absolute Gasteiger partial charge is 0.315 e. The highest BCUT2D eigenvalue weighted by atomic mass is 35.5. The van der Waals surface area contributed by atoms with E-state index in [4.69, 9.17) is 11.6 Å². The maximum Gasteiger partial charge on any atom is 0.127 e. The lowest BCUT2D eigenvalue weighted by Crippen LogP contribution is -2.66. The number of rotatable bonds is 4. The van der Waals surface area contributed by atoms with E-state index < -0.39 is 0 Å². The first kappa shape index (κ1) is 14.3. The minimum atomic E-state index is -0.200. The van der Waals surface area contributed by atoms with E-state index in [1.807, 2.05) is 7.05 Å². The molecule has 0 amide bonds. The lowest BCUT2D eigenvalue weighted by atomic mass is 9.94. The number of hydrogen-bond donors (Lipinski definition) is 1. The predicted molar refractivity (Wildman–Crippen MR) is 79.8 cm³/mol. The average molecular weight is 298 g/mol. The molecule has 3 aliphatic heterocycles. The molecule has 1 aromatic carbocycles. The van der Waals surface area contributed by atoms with E-state index in [1.165, 1.54) is 19.2 Å². The van der Waals surface area contributed by atoms with Crippen LogP contribution in [0.4, 0.5) is 4.39 Å². The lowest BCUT2D eigenvalue weighted by Gasteiger charge is -2.50. The number of hydrogen-bond acceptors (Lipinski definition) is 3. The lowest BCUT2D eigenvalue weighted by molar-refractivity contribution is -0.00212. The van der Waals surface area contributed by atoms with Crippen LogP contribution in [0.1, 0.15) is 5.56 Å². The van der Waals surface area contributed by atoms with Crippen LogP contribution in [0.2, 0.25) is 5.02 Å². The summed E-state index contributed by atoms with van der Waals surface area (Å²) in [6.45, 7) is 5.68. The SMILES string of the molecule is CNC(Cc1ccc(Cl)cc1F)C1CN2CCN1CC2. The highest BCUT2D eigenvalue weighted by molar-refractivity contribution is 6.30. The summed E-state index contributed by atoms with van der Waals surface area (Å²) < 4.78 is 14.0. The van der Waals surface area contributed by atoms with Crippen molar-refractivity contribution in [3.63, 3.8) is 0 Å². The van der Waals surface area contributed by atoms with Crippen LogP contribution >= 0.6 is 11.6 Å². The molecule has 3 aliphatic rings. The van der Waals surface area contributed by atoms with E-state index >= 15 is 0 Å². The van der Waals surface area contributed by atoms with Gasteiger partial charge < -0.3 is 5.32 Å². The summed E-state index contributed by atoms with van der Waals surface area (Å²) in [7, 11) is 1.97. The Hall–Kier alpha value is -0.680. The van der Waals surface area contributed by atoms with E-state index in [2.05, 4.69) is 15.1 Å². The third-order valence-electron chi connectivity index (χ3n) is 4.61. The van der Waals surface area contributed by atoms with Gasteiger partial charge in [-0.1, -0.05) is 17.7 Å². The third kappa shape index (κ3) is 2.84. The summed E-state index contributed by atoms with van der Waals surface area (Å²) in [5.74, 6) is -0.200. The topological polar surface area (TPSA) is 18.5 Å². The summed E-state index contributed by atoms with van der Waals surface area (Å²) in [5.41, 5.74) is 0.742. The molecule has 2 atom stereocenters. The van der Waals surface area contributed by atoms with Crippen molar-refractivity contribution in [3.05, 3.63) is 34.6 Å². The van der Waals surface area contributed by atoms with Gasteiger partial charge in [0.25, 0.3) is 0 Å². The second kappa shape index (κ2) is 5.98. The van der Waals surface area contributed by atoms with Crippen molar-refractivity contribution in [2.45, 2.75) is 18.5 Å². The van der Waals surface area contributed by atoms with E-state index in [-0.39, 0.29) is 11.9 Å². The number of likely N-dealkylation sites (N-methyl/N-ethyl adjacent to an activating group) is 1. The fourth-order valence-corrected chi connectivity index (χ4v) is 3.55.